The van der Waals surface area contributed by atoms with E-state index < -0.39 is 21.1 Å². The zero-order chi connectivity index (χ0) is 12.2. The summed E-state index contributed by atoms with van der Waals surface area (Å²) in [7, 11) is -3.29. The summed E-state index contributed by atoms with van der Waals surface area (Å²) in [5.74, 6) is -0.482. The Hall–Kier alpha value is -1.36. The fourth-order valence-electron chi connectivity index (χ4n) is 1.33. The number of sulfone groups is 1. The molecule has 16 heavy (non-hydrogen) atoms. The summed E-state index contributed by atoms with van der Waals surface area (Å²) in [5, 5.41) is -0.794. The van der Waals surface area contributed by atoms with E-state index in [2.05, 4.69) is 0 Å². The molecular formula is C11H14O4S. The molecule has 0 fully saturated rings. The molecule has 0 saturated carbocycles. The van der Waals surface area contributed by atoms with Crippen LogP contribution in [-0.4, -0.2) is 27.2 Å². The minimum atomic E-state index is -3.29. The van der Waals surface area contributed by atoms with Gasteiger partial charge >= 0.3 is 5.97 Å². The molecule has 1 aromatic rings. The zero-order valence-electron chi connectivity index (χ0n) is 9.21. The number of rotatable bonds is 4. The Morgan fingerprint density at radius 1 is 1.31 bits per heavy atom. The number of esters is 1. The zero-order valence-corrected chi connectivity index (χ0v) is 10.0. The number of hydrogen-bond donors (Lipinski definition) is 0. The van der Waals surface area contributed by atoms with E-state index in [1.165, 1.54) is 6.92 Å². The smallest absolute Gasteiger partial charge is 0.302 e. The van der Waals surface area contributed by atoms with E-state index in [9.17, 15) is 13.2 Å². The molecule has 0 radical (unpaired) electrons. The molecule has 0 aliphatic carbocycles. The monoisotopic (exact) mass is 242 g/mol. The highest BCUT2D eigenvalue weighted by Gasteiger charge is 2.23. The number of hydrogen-bond acceptors (Lipinski definition) is 4. The number of ether oxygens (including phenoxy) is 1. The van der Waals surface area contributed by atoms with E-state index in [1.54, 1.807) is 30.3 Å². The van der Waals surface area contributed by atoms with Crippen molar-refractivity contribution in [2.45, 2.75) is 12.2 Å². The fraction of sp³-hybridized carbons (Fsp3) is 0.364. The second-order valence-corrected chi connectivity index (χ2v) is 5.76. The van der Waals surface area contributed by atoms with Gasteiger partial charge in [-0.2, -0.15) is 0 Å². The number of carbonyl (C=O) groups excluding carboxylic acids is 1. The molecule has 0 aliphatic heterocycles. The summed E-state index contributed by atoms with van der Waals surface area (Å²) >= 11 is 0. The normalized spacial score (nSPS) is 13.1. The van der Waals surface area contributed by atoms with Gasteiger partial charge in [0.1, 0.15) is 11.9 Å². The first kappa shape index (κ1) is 12.7. The van der Waals surface area contributed by atoms with Crippen LogP contribution in [0.2, 0.25) is 0 Å². The lowest BCUT2D eigenvalue weighted by atomic mass is 10.1. The summed E-state index contributed by atoms with van der Waals surface area (Å²) in [5.41, 5.74) is 0.631. The third kappa shape index (κ3) is 3.66. The first-order valence-electron chi connectivity index (χ1n) is 4.78. The lowest BCUT2D eigenvalue weighted by Crippen LogP contribution is -2.19. The molecule has 0 bridgehead atoms. The quantitative estimate of drug-likeness (QED) is 0.747. The van der Waals surface area contributed by atoms with Gasteiger partial charge in [0, 0.05) is 13.2 Å². The van der Waals surface area contributed by atoms with E-state index in [0.717, 1.165) is 6.26 Å². The molecule has 0 aliphatic rings. The highest BCUT2D eigenvalue weighted by atomic mass is 32.2. The lowest BCUT2D eigenvalue weighted by Gasteiger charge is -2.14. The van der Waals surface area contributed by atoms with E-state index in [-0.39, 0.29) is 6.61 Å². The molecule has 0 saturated heterocycles. The Morgan fingerprint density at radius 2 is 1.88 bits per heavy atom. The van der Waals surface area contributed by atoms with Crippen LogP contribution in [0.4, 0.5) is 0 Å². The average Bonchev–Trinajstić information content (AvgIpc) is 2.17. The van der Waals surface area contributed by atoms with Gasteiger partial charge in [0.05, 0.1) is 0 Å². The van der Waals surface area contributed by atoms with Gasteiger partial charge < -0.3 is 4.74 Å². The summed E-state index contributed by atoms with van der Waals surface area (Å²) in [6.07, 6.45) is 1.13. The average molecular weight is 242 g/mol. The van der Waals surface area contributed by atoms with Crippen LogP contribution in [0.5, 0.6) is 0 Å². The third-order valence-corrected chi connectivity index (χ3v) is 3.57. The van der Waals surface area contributed by atoms with Crippen LogP contribution >= 0.6 is 0 Å². The Labute approximate surface area is 95.2 Å². The van der Waals surface area contributed by atoms with Gasteiger partial charge in [0.15, 0.2) is 9.84 Å². The molecular weight excluding hydrogens is 228 g/mol. The van der Waals surface area contributed by atoms with Crippen LogP contribution in [0.15, 0.2) is 30.3 Å². The molecule has 5 heteroatoms. The van der Waals surface area contributed by atoms with Gasteiger partial charge in [-0.1, -0.05) is 30.3 Å². The molecule has 0 amide bonds. The molecule has 4 nitrogen and oxygen atoms in total. The molecule has 1 atom stereocenters. The summed E-state index contributed by atoms with van der Waals surface area (Å²) in [6.45, 7) is 1.11. The van der Waals surface area contributed by atoms with E-state index in [0.29, 0.717) is 5.56 Å². The van der Waals surface area contributed by atoms with Crippen molar-refractivity contribution in [1.29, 1.82) is 0 Å². The molecule has 1 aromatic carbocycles. The Balaban J connectivity index is 2.94. The third-order valence-electron chi connectivity index (χ3n) is 2.13. The SMILES string of the molecule is CC(=O)OCC(c1ccccc1)S(C)(=O)=O. The van der Waals surface area contributed by atoms with Gasteiger partial charge in [0.2, 0.25) is 0 Å². The van der Waals surface area contributed by atoms with Gasteiger partial charge in [-0.05, 0) is 5.56 Å². The highest BCUT2D eigenvalue weighted by molar-refractivity contribution is 7.91. The number of carbonyl (C=O) groups is 1. The standard InChI is InChI=1S/C11H14O4S/c1-9(12)15-8-11(16(2,13)14)10-6-4-3-5-7-10/h3-7,11H,8H2,1-2H3. The minimum absolute atomic E-state index is 0.141. The Kier molecular flexibility index (Phi) is 4.06. The molecule has 0 spiro atoms. The summed E-state index contributed by atoms with van der Waals surface area (Å²) < 4.78 is 27.9. The molecule has 1 unspecified atom stereocenters. The van der Waals surface area contributed by atoms with Crippen LogP contribution in [0.3, 0.4) is 0 Å². The van der Waals surface area contributed by atoms with Gasteiger partial charge in [-0.15, -0.1) is 0 Å². The van der Waals surface area contributed by atoms with E-state index in [4.69, 9.17) is 4.74 Å². The van der Waals surface area contributed by atoms with Crippen LogP contribution in [0, 0.1) is 0 Å². The van der Waals surface area contributed by atoms with Crippen LogP contribution in [0.25, 0.3) is 0 Å². The first-order valence-corrected chi connectivity index (χ1v) is 6.74. The fourth-order valence-corrected chi connectivity index (χ4v) is 2.29. The van der Waals surface area contributed by atoms with Gasteiger partial charge in [-0.3, -0.25) is 4.79 Å². The minimum Gasteiger partial charge on any atom is -0.464 e. The van der Waals surface area contributed by atoms with E-state index in [1.807, 2.05) is 0 Å². The highest BCUT2D eigenvalue weighted by Crippen LogP contribution is 2.21. The molecule has 1 rings (SSSR count). The van der Waals surface area contributed by atoms with Crippen molar-refractivity contribution >= 4 is 15.8 Å². The maximum Gasteiger partial charge on any atom is 0.302 e. The second kappa shape index (κ2) is 5.12. The molecule has 88 valence electrons. The van der Waals surface area contributed by atoms with Crippen molar-refractivity contribution in [2.75, 3.05) is 12.9 Å². The topological polar surface area (TPSA) is 60.4 Å². The van der Waals surface area contributed by atoms with Crippen molar-refractivity contribution < 1.29 is 17.9 Å². The van der Waals surface area contributed by atoms with Crippen LogP contribution < -0.4 is 0 Å². The van der Waals surface area contributed by atoms with Crippen molar-refractivity contribution in [1.82, 2.24) is 0 Å². The molecule has 0 N–H and O–H groups in total. The Bertz CT molecular complexity index is 450. The van der Waals surface area contributed by atoms with Crippen molar-refractivity contribution in [3.63, 3.8) is 0 Å². The second-order valence-electron chi connectivity index (χ2n) is 3.53. The van der Waals surface area contributed by atoms with Gasteiger partial charge in [0.25, 0.3) is 0 Å². The van der Waals surface area contributed by atoms with Gasteiger partial charge in [-0.25, -0.2) is 8.42 Å². The predicted octanol–water partition coefficient (Wildman–Crippen LogP) is 1.34. The molecule has 0 aromatic heterocycles. The maximum atomic E-state index is 11.6. The first-order chi connectivity index (χ1) is 7.41. The van der Waals surface area contributed by atoms with Crippen LogP contribution in [0.1, 0.15) is 17.7 Å². The number of benzene rings is 1. The van der Waals surface area contributed by atoms with Crippen molar-refractivity contribution in [3.05, 3.63) is 35.9 Å². The summed E-state index contributed by atoms with van der Waals surface area (Å²) in [6, 6.07) is 8.71. The molecule has 0 heterocycles. The largest absolute Gasteiger partial charge is 0.464 e. The van der Waals surface area contributed by atoms with E-state index >= 15 is 0 Å². The van der Waals surface area contributed by atoms with Crippen molar-refractivity contribution in [2.24, 2.45) is 0 Å². The summed E-state index contributed by atoms with van der Waals surface area (Å²) in [4.78, 5) is 10.7. The predicted molar refractivity (Wildman–Crippen MR) is 60.7 cm³/mol. The lowest BCUT2D eigenvalue weighted by molar-refractivity contribution is -0.140. The van der Waals surface area contributed by atoms with Crippen molar-refractivity contribution in [3.8, 4) is 0 Å². The Morgan fingerprint density at radius 3 is 2.31 bits per heavy atom. The maximum absolute atomic E-state index is 11.6. The van der Waals surface area contributed by atoms with Crippen LogP contribution in [-0.2, 0) is 19.4 Å².